The smallest absolute Gasteiger partial charge is 0.332 e. The molecule has 1 aromatic rings. The van der Waals surface area contributed by atoms with Crippen molar-refractivity contribution in [3.05, 3.63) is 26.4 Å². The van der Waals surface area contributed by atoms with Crippen LogP contribution in [0.15, 0.2) is 9.59 Å². The van der Waals surface area contributed by atoms with E-state index in [0.29, 0.717) is 18.3 Å². The highest BCUT2D eigenvalue weighted by Gasteiger charge is 2.40. The van der Waals surface area contributed by atoms with Gasteiger partial charge in [0.15, 0.2) is 6.61 Å². The van der Waals surface area contributed by atoms with Crippen molar-refractivity contribution in [1.82, 2.24) is 9.13 Å². The third-order valence-electron chi connectivity index (χ3n) is 5.67. The van der Waals surface area contributed by atoms with Crippen LogP contribution in [0.2, 0.25) is 0 Å². The van der Waals surface area contributed by atoms with Crippen molar-refractivity contribution in [2.24, 2.45) is 31.8 Å². The third kappa shape index (κ3) is 3.12. The highest BCUT2D eigenvalue weighted by molar-refractivity contribution is 6.01. The monoisotopic (exact) mass is 349 g/mol. The van der Waals surface area contributed by atoms with E-state index in [1.807, 2.05) is 0 Å². The van der Waals surface area contributed by atoms with Crippen LogP contribution in [0.25, 0.3) is 0 Å². The Hall–Kier alpha value is -2.38. The van der Waals surface area contributed by atoms with E-state index in [4.69, 9.17) is 10.5 Å². The molecule has 2 fully saturated rings. The Bertz CT molecular complexity index is 838. The number of fused-ring (bicyclic) bond motifs is 2. The fourth-order valence-electron chi connectivity index (χ4n) is 4.24. The molecule has 2 aliphatic rings. The van der Waals surface area contributed by atoms with Crippen LogP contribution in [0.4, 0.5) is 5.82 Å². The molecule has 0 aliphatic heterocycles. The minimum atomic E-state index is -0.783. The second kappa shape index (κ2) is 6.50. The number of Topliss-reactive ketones (excluding diaryl/α,β-unsaturated/α-hetero) is 1. The largest absolute Gasteiger partial charge is 0.457 e. The summed E-state index contributed by atoms with van der Waals surface area (Å²) in [7, 11) is 2.64. The van der Waals surface area contributed by atoms with E-state index < -0.39 is 29.6 Å². The maximum atomic E-state index is 12.3. The molecule has 0 aromatic carbocycles. The minimum absolute atomic E-state index is 0.220. The molecule has 25 heavy (non-hydrogen) atoms. The second-order valence-corrected chi connectivity index (χ2v) is 7.19. The number of nitrogens with two attached hydrogens (primary N) is 1. The Morgan fingerprint density at radius 3 is 2.48 bits per heavy atom. The van der Waals surface area contributed by atoms with E-state index in [-0.39, 0.29) is 11.4 Å². The molecule has 136 valence electrons. The Labute approximate surface area is 144 Å². The van der Waals surface area contributed by atoms with Crippen molar-refractivity contribution in [1.29, 1.82) is 0 Å². The number of rotatable bonds is 5. The van der Waals surface area contributed by atoms with Crippen LogP contribution in [0, 0.1) is 17.8 Å². The van der Waals surface area contributed by atoms with Crippen molar-refractivity contribution in [2.45, 2.75) is 32.1 Å². The van der Waals surface area contributed by atoms with Crippen molar-refractivity contribution in [3.8, 4) is 0 Å². The number of carbonyl (C=O) groups excluding carboxylic acids is 2. The molecule has 2 saturated carbocycles. The molecule has 3 rings (SSSR count). The second-order valence-electron chi connectivity index (χ2n) is 7.19. The molecule has 1 aromatic heterocycles. The zero-order valence-corrected chi connectivity index (χ0v) is 14.5. The lowest BCUT2D eigenvalue weighted by Gasteiger charge is -2.20. The topological polar surface area (TPSA) is 113 Å². The Kier molecular flexibility index (Phi) is 4.53. The van der Waals surface area contributed by atoms with E-state index in [1.165, 1.54) is 33.4 Å². The SMILES string of the molecule is Cn1c(N)c(C(=O)COC(=O)C[C@@H]2C[C@@H]3CC[C@@H]2C3)c(=O)n(C)c1=O. The number of hydrogen-bond acceptors (Lipinski definition) is 6. The Balaban J connectivity index is 1.64. The van der Waals surface area contributed by atoms with Gasteiger partial charge in [-0.3, -0.25) is 23.5 Å². The summed E-state index contributed by atoms with van der Waals surface area (Å²) >= 11 is 0. The Morgan fingerprint density at radius 1 is 1.16 bits per heavy atom. The van der Waals surface area contributed by atoms with Crippen LogP contribution in [0.5, 0.6) is 0 Å². The van der Waals surface area contributed by atoms with Crippen LogP contribution < -0.4 is 17.0 Å². The number of ketones is 1. The molecule has 8 nitrogen and oxygen atoms in total. The normalized spacial score (nSPS) is 24.5. The molecule has 8 heteroatoms. The summed E-state index contributed by atoms with van der Waals surface area (Å²) < 4.78 is 6.89. The summed E-state index contributed by atoms with van der Waals surface area (Å²) in [4.78, 5) is 48.2. The van der Waals surface area contributed by atoms with Crippen LogP contribution >= 0.6 is 0 Å². The lowest BCUT2D eigenvalue weighted by atomic mass is 9.86. The lowest BCUT2D eigenvalue weighted by molar-refractivity contribution is -0.144. The van der Waals surface area contributed by atoms with Gasteiger partial charge in [0.25, 0.3) is 5.56 Å². The molecule has 0 saturated heterocycles. The van der Waals surface area contributed by atoms with E-state index in [1.54, 1.807) is 0 Å². The standard InChI is InChI=1S/C17H23N3O5/c1-19-15(18)14(16(23)20(2)17(19)24)12(21)8-25-13(22)7-11-6-9-3-4-10(11)5-9/h9-11H,3-8,18H2,1-2H3/t9-,10-,11+/m1/s1. The van der Waals surface area contributed by atoms with Crippen LogP contribution in [0.3, 0.4) is 0 Å². The first-order valence-electron chi connectivity index (χ1n) is 8.54. The van der Waals surface area contributed by atoms with Gasteiger partial charge in [0, 0.05) is 20.5 Å². The first kappa shape index (κ1) is 17.4. The number of esters is 1. The Morgan fingerprint density at radius 2 is 1.88 bits per heavy atom. The number of nitrogen functional groups attached to an aromatic ring is 1. The van der Waals surface area contributed by atoms with Gasteiger partial charge in [0.05, 0.1) is 0 Å². The van der Waals surface area contributed by atoms with E-state index in [9.17, 15) is 19.2 Å². The number of anilines is 1. The van der Waals surface area contributed by atoms with Gasteiger partial charge in [0.1, 0.15) is 11.4 Å². The first-order valence-corrected chi connectivity index (χ1v) is 8.54. The molecule has 2 bridgehead atoms. The summed E-state index contributed by atoms with van der Waals surface area (Å²) in [5.74, 6) is 0.331. The molecular formula is C17H23N3O5. The summed E-state index contributed by atoms with van der Waals surface area (Å²) in [6.45, 7) is -0.544. The first-order chi connectivity index (χ1) is 11.8. The quantitative estimate of drug-likeness (QED) is 0.601. The van der Waals surface area contributed by atoms with Gasteiger partial charge >= 0.3 is 11.7 Å². The molecule has 0 radical (unpaired) electrons. The van der Waals surface area contributed by atoms with E-state index >= 15 is 0 Å². The van der Waals surface area contributed by atoms with Crippen LogP contribution in [0.1, 0.15) is 42.5 Å². The number of aromatic nitrogens is 2. The number of carbonyl (C=O) groups is 2. The van der Waals surface area contributed by atoms with Crippen molar-refractivity contribution in [2.75, 3.05) is 12.3 Å². The maximum absolute atomic E-state index is 12.3. The van der Waals surface area contributed by atoms with E-state index in [0.717, 1.165) is 21.5 Å². The van der Waals surface area contributed by atoms with Gasteiger partial charge < -0.3 is 10.5 Å². The number of nitrogens with zero attached hydrogens (tertiary/aromatic N) is 2. The molecule has 3 atom stereocenters. The van der Waals surface area contributed by atoms with Gasteiger partial charge in [-0.25, -0.2) is 4.79 Å². The summed E-state index contributed by atoms with van der Waals surface area (Å²) in [6, 6.07) is 0. The highest BCUT2D eigenvalue weighted by Crippen LogP contribution is 2.49. The third-order valence-corrected chi connectivity index (χ3v) is 5.67. The summed E-state index contributed by atoms with van der Waals surface area (Å²) in [5.41, 5.74) is 4.00. The van der Waals surface area contributed by atoms with E-state index in [2.05, 4.69) is 0 Å². The number of ether oxygens (including phenoxy) is 1. The molecule has 2 aliphatic carbocycles. The molecule has 0 amide bonds. The summed E-state index contributed by atoms with van der Waals surface area (Å²) in [5, 5.41) is 0. The molecule has 2 N–H and O–H groups in total. The van der Waals surface area contributed by atoms with Crippen molar-refractivity contribution < 1.29 is 14.3 Å². The molecular weight excluding hydrogens is 326 g/mol. The molecule has 1 heterocycles. The molecule has 0 unspecified atom stereocenters. The molecule has 0 spiro atoms. The fourth-order valence-corrected chi connectivity index (χ4v) is 4.24. The highest BCUT2D eigenvalue weighted by atomic mass is 16.5. The van der Waals surface area contributed by atoms with Crippen molar-refractivity contribution in [3.63, 3.8) is 0 Å². The number of hydrogen-bond donors (Lipinski definition) is 1. The predicted octanol–water partition coefficient (Wildman–Crippen LogP) is 0.218. The van der Waals surface area contributed by atoms with Gasteiger partial charge in [-0.2, -0.15) is 0 Å². The predicted molar refractivity (Wildman–Crippen MR) is 90.2 cm³/mol. The van der Waals surface area contributed by atoms with Crippen LogP contribution in [-0.4, -0.2) is 27.5 Å². The summed E-state index contributed by atoms with van der Waals surface area (Å²) in [6.07, 6.45) is 4.99. The minimum Gasteiger partial charge on any atom is -0.457 e. The van der Waals surface area contributed by atoms with Gasteiger partial charge in [0.2, 0.25) is 5.78 Å². The zero-order valence-electron chi connectivity index (χ0n) is 14.5. The van der Waals surface area contributed by atoms with Crippen molar-refractivity contribution >= 4 is 17.6 Å². The zero-order chi connectivity index (χ0) is 18.3. The van der Waals surface area contributed by atoms with Gasteiger partial charge in [-0.15, -0.1) is 0 Å². The van der Waals surface area contributed by atoms with Gasteiger partial charge in [-0.05, 0) is 37.0 Å². The van der Waals surface area contributed by atoms with Gasteiger partial charge in [-0.1, -0.05) is 6.42 Å². The average Bonchev–Trinajstić information content (AvgIpc) is 3.19. The lowest BCUT2D eigenvalue weighted by Crippen LogP contribution is -2.42. The van der Waals surface area contributed by atoms with Crippen LogP contribution in [-0.2, 0) is 23.6 Å². The maximum Gasteiger partial charge on any atom is 0.332 e. The fraction of sp³-hybridized carbons (Fsp3) is 0.647. The average molecular weight is 349 g/mol.